The van der Waals surface area contributed by atoms with Gasteiger partial charge in [-0.3, -0.25) is 4.79 Å². The lowest BCUT2D eigenvalue weighted by Crippen LogP contribution is -2.50. The smallest absolute Gasteiger partial charge is 0.164 e. The van der Waals surface area contributed by atoms with Crippen LogP contribution in [0.4, 0.5) is 0 Å². The highest BCUT2D eigenvalue weighted by Crippen LogP contribution is 2.33. The second kappa shape index (κ2) is 4.41. The van der Waals surface area contributed by atoms with Crippen molar-refractivity contribution in [2.75, 3.05) is 7.11 Å². The lowest BCUT2D eigenvalue weighted by atomic mass is 9.83. The van der Waals surface area contributed by atoms with Gasteiger partial charge in [-0.1, -0.05) is 6.92 Å². The predicted molar refractivity (Wildman–Crippen MR) is 54.3 cm³/mol. The van der Waals surface area contributed by atoms with Crippen molar-refractivity contribution in [3.63, 3.8) is 0 Å². The normalized spacial score (nSPS) is 38.3. The molecule has 1 aliphatic heterocycles. The van der Waals surface area contributed by atoms with E-state index in [2.05, 4.69) is 0 Å². The minimum absolute atomic E-state index is 0.106. The van der Waals surface area contributed by atoms with Crippen molar-refractivity contribution in [2.24, 2.45) is 0 Å². The van der Waals surface area contributed by atoms with E-state index in [-0.39, 0.29) is 18.0 Å². The van der Waals surface area contributed by atoms with Crippen LogP contribution in [0.15, 0.2) is 0 Å². The van der Waals surface area contributed by atoms with Crippen LogP contribution in [0.1, 0.15) is 40.0 Å². The molecule has 82 valence electrons. The number of carbonyl (C=O) groups excluding carboxylic acids is 1. The van der Waals surface area contributed by atoms with Gasteiger partial charge in [-0.05, 0) is 13.8 Å². The van der Waals surface area contributed by atoms with Crippen LogP contribution < -0.4 is 0 Å². The van der Waals surface area contributed by atoms with E-state index in [1.807, 2.05) is 20.8 Å². The molecular formula is C11H20O3. The summed E-state index contributed by atoms with van der Waals surface area (Å²) in [6.45, 7) is 5.87. The van der Waals surface area contributed by atoms with Gasteiger partial charge in [-0.15, -0.1) is 0 Å². The number of rotatable bonds is 3. The Balaban J connectivity index is 2.81. The fraction of sp³-hybridized carbons (Fsp3) is 0.909. The van der Waals surface area contributed by atoms with Gasteiger partial charge < -0.3 is 9.47 Å². The summed E-state index contributed by atoms with van der Waals surface area (Å²) >= 11 is 0. The molecule has 1 aliphatic rings. The van der Waals surface area contributed by atoms with Crippen LogP contribution in [-0.2, 0) is 14.3 Å². The molecule has 0 amide bonds. The molecule has 3 heteroatoms. The molecule has 0 N–H and O–H groups in total. The van der Waals surface area contributed by atoms with Crippen LogP contribution in [0.5, 0.6) is 0 Å². The highest BCUT2D eigenvalue weighted by atomic mass is 16.5. The minimum Gasteiger partial charge on any atom is -0.375 e. The standard InChI is InChI=1S/C11H20O3/c1-5-10(12)11(13-4)6-8(2)14-9(3)7-11/h8-9H,5-7H2,1-4H3. The lowest BCUT2D eigenvalue weighted by Gasteiger charge is -2.40. The first-order valence-corrected chi connectivity index (χ1v) is 5.28. The lowest BCUT2D eigenvalue weighted by molar-refractivity contribution is -0.169. The number of carbonyl (C=O) groups is 1. The molecule has 0 aromatic rings. The van der Waals surface area contributed by atoms with Gasteiger partial charge >= 0.3 is 0 Å². The largest absolute Gasteiger partial charge is 0.375 e. The molecule has 1 heterocycles. The van der Waals surface area contributed by atoms with E-state index in [0.717, 1.165) is 0 Å². The van der Waals surface area contributed by atoms with Gasteiger partial charge in [0, 0.05) is 26.4 Å². The Morgan fingerprint density at radius 3 is 2.29 bits per heavy atom. The van der Waals surface area contributed by atoms with Gasteiger partial charge in [-0.2, -0.15) is 0 Å². The molecule has 0 spiro atoms. The fourth-order valence-electron chi connectivity index (χ4n) is 2.34. The summed E-state index contributed by atoms with van der Waals surface area (Å²) in [7, 11) is 1.62. The van der Waals surface area contributed by atoms with Crippen LogP contribution >= 0.6 is 0 Å². The molecule has 1 rings (SSSR count). The maximum Gasteiger partial charge on any atom is 0.164 e. The molecule has 2 unspecified atom stereocenters. The summed E-state index contributed by atoms with van der Waals surface area (Å²) in [4.78, 5) is 11.8. The number of ether oxygens (including phenoxy) is 2. The molecular weight excluding hydrogens is 180 g/mol. The zero-order valence-electron chi connectivity index (χ0n) is 9.50. The van der Waals surface area contributed by atoms with Crippen LogP contribution in [0.25, 0.3) is 0 Å². The Morgan fingerprint density at radius 2 is 1.93 bits per heavy atom. The zero-order valence-corrected chi connectivity index (χ0v) is 9.50. The molecule has 2 atom stereocenters. The molecule has 0 radical (unpaired) electrons. The van der Waals surface area contributed by atoms with E-state index in [0.29, 0.717) is 19.3 Å². The molecule has 0 saturated carbocycles. The number of methoxy groups -OCH3 is 1. The van der Waals surface area contributed by atoms with Crippen molar-refractivity contribution in [2.45, 2.75) is 57.8 Å². The SMILES string of the molecule is CCC(=O)C1(OC)CC(C)OC(C)C1. The first-order valence-electron chi connectivity index (χ1n) is 5.28. The Morgan fingerprint density at radius 1 is 1.43 bits per heavy atom. The van der Waals surface area contributed by atoms with Gasteiger partial charge in [0.1, 0.15) is 5.60 Å². The van der Waals surface area contributed by atoms with Gasteiger partial charge in [0.15, 0.2) is 5.78 Å². The summed E-state index contributed by atoms with van der Waals surface area (Å²) in [5.41, 5.74) is -0.591. The molecule has 14 heavy (non-hydrogen) atoms. The Labute approximate surface area is 85.8 Å². The third-order valence-corrected chi connectivity index (χ3v) is 2.92. The molecule has 0 aromatic heterocycles. The molecule has 3 nitrogen and oxygen atoms in total. The Kier molecular flexibility index (Phi) is 3.67. The number of ketones is 1. The third-order valence-electron chi connectivity index (χ3n) is 2.92. The van der Waals surface area contributed by atoms with Crippen molar-refractivity contribution < 1.29 is 14.3 Å². The van der Waals surface area contributed by atoms with Gasteiger partial charge in [0.2, 0.25) is 0 Å². The van der Waals surface area contributed by atoms with Crippen LogP contribution in [0.3, 0.4) is 0 Å². The summed E-state index contributed by atoms with van der Waals surface area (Å²) in [5, 5.41) is 0. The van der Waals surface area contributed by atoms with E-state index in [4.69, 9.17) is 9.47 Å². The molecule has 0 aromatic carbocycles. The van der Waals surface area contributed by atoms with E-state index in [1.54, 1.807) is 7.11 Å². The fourth-order valence-corrected chi connectivity index (χ4v) is 2.34. The average Bonchev–Trinajstić information content (AvgIpc) is 2.14. The monoisotopic (exact) mass is 200 g/mol. The van der Waals surface area contributed by atoms with Crippen molar-refractivity contribution in [1.82, 2.24) is 0 Å². The van der Waals surface area contributed by atoms with Crippen LogP contribution in [0, 0.1) is 0 Å². The van der Waals surface area contributed by atoms with E-state index in [1.165, 1.54) is 0 Å². The first kappa shape index (κ1) is 11.7. The number of hydrogen-bond donors (Lipinski definition) is 0. The average molecular weight is 200 g/mol. The molecule has 1 fully saturated rings. The molecule has 1 saturated heterocycles. The maximum absolute atomic E-state index is 11.8. The molecule has 0 aliphatic carbocycles. The maximum atomic E-state index is 11.8. The first-order chi connectivity index (χ1) is 6.54. The Hall–Kier alpha value is -0.410. The molecule has 0 bridgehead atoms. The number of Topliss-reactive ketones (excluding diaryl/α,β-unsaturated/α-hetero) is 1. The second-order valence-electron chi connectivity index (χ2n) is 4.14. The highest BCUT2D eigenvalue weighted by Gasteiger charge is 2.43. The Bertz CT molecular complexity index is 203. The number of hydrogen-bond acceptors (Lipinski definition) is 3. The van der Waals surface area contributed by atoms with Crippen LogP contribution in [0.2, 0.25) is 0 Å². The van der Waals surface area contributed by atoms with E-state index >= 15 is 0 Å². The second-order valence-corrected chi connectivity index (χ2v) is 4.14. The van der Waals surface area contributed by atoms with Crippen molar-refractivity contribution >= 4 is 5.78 Å². The third kappa shape index (κ3) is 2.15. The zero-order chi connectivity index (χ0) is 10.8. The predicted octanol–water partition coefficient (Wildman–Crippen LogP) is 1.94. The van der Waals surface area contributed by atoms with Crippen molar-refractivity contribution in [1.29, 1.82) is 0 Å². The minimum atomic E-state index is -0.591. The topological polar surface area (TPSA) is 35.5 Å². The van der Waals surface area contributed by atoms with Crippen molar-refractivity contribution in [3.8, 4) is 0 Å². The highest BCUT2D eigenvalue weighted by molar-refractivity contribution is 5.87. The quantitative estimate of drug-likeness (QED) is 0.698. The summed E-state index contributed by atoms with van der Waals surface area (Å²) in [5.74, 6) is 0.196. The summed E-state index contributed by atoms with van der Waals surface area (Å²) in [6, 6.07) is 0. The van der Waals surface area contributed by atoms with E-state index < -0.39 is 5.60 Å². The van der Waals surface area contributed by atoms with Gasteiger partial charge in [0.05, 0.1) is 12.2 Å². The van der Waals surface area contributed by atoms with Gasteiger partial charge in [-0.25, -0.2) is 0 Å². The van der Waals surface area contributed by atoms with Crippen LogP contribution in [-0.4, -0.2) is 30.7 Å². The summed E-state index contributed by atoms with van der Waals surface area (Å²) in [6.07, 6.45) is 2.11. The summed E-state index contributed by atoms with van der Waals surface area (Å²) < 4.78 is 11.0. The van der Waals surface area contributed by atoms with E-state index in [9.17, 15) is 4.79 Å². The van der Waals surface area contributed by atoms with Gasteiger partial charge in [0.25, 0.3) is 0 Å². The van der Waals surface area contributed by atoms with Crippen molar-refractivity contribution in [3.05, 3.63) is 0 Å².